The van der Waals surface area contributed by atoms with Crippen molar-refractivity contribution in [2.45, 2.75) is 110 Å². The summed E-state index contributed by atoms with van der Waals surface area (Å²) < 4.78 is 59.0. The summed E-state index contributed by atoms with van der Waals surface area (Å²) in [6, 6.07) is 0. The molecule has 0 aromatic rings. The molecule has 0 amide bonds. The van der Waals surface area contributed by atoms with Crippen molar-refractivity contribution in [2.24, 2.45) is 0 Å². The van der Waals surface area contributed by atoms with Gasteiger partial charge in [0.05, 0.1) is 126 Å². The second-order valence-corrected chi connectivity index (χ2v) is 12.9. The van der Waals surface area contributed by atoms with E-state index in [4.69, 9.17) is 57.2 Å². The summed E-state index contributed by atoms with van der Waals surface area (Å²) in [7, 11) is 0. The average molecular weight is 783 g/mol. The van der Waals surface area contributed by atoms with Crippen molar-refractivity contribution in [3.63, 3.8) is 0 Å². The zero-order chi connectivity index (χ0) is 39.1. The lowest BCUT2D eigenvalue weighted by Gasteiger charge is -2.09. The van der Waals surface area contributed by atoms with Gasteiger partial charge in [0.2, 0.25) is 0 Å². The van der Waals surface area contributed by atoms with E-state index in [1.165, 1.54) is 83.5 Å². The van der Waals surface area contributed by atoms with E-state index >= 15 is 0 Å². The van der Waals surface area contributed by atoms with Gasteiger partial charge in [0, 0.05) is 6.42 Å². The molecule has 0 radical (unpaired) electrons. The molecule has 0 aromatic heterocycles. The molecule has 0 unspecified atom stereocenters. The Labute approximate surface area is 326 Å². The number of rotatable bonds is 48. The summed E-state index contributed by atoms with van der Waals surface area (Å²) in [6.45, 7) is 10.7. The van der Waals surface area contributed by atoms with Crippen molar-refractivity contribution in [3.05, 3.63) is 0 Å². The summed E-state index contributed by atoms with van der Waals surface area (Å²) in [6.07, 6.45) is 20.2. The predicted octanol–water partition coefficient (Wildman–Crippen LogP) is 6.04. The first-order chi connectivity index (χ1) is 26.7. The van der Waals surface area contributed by atoms with Gasteiger partial charge < -0.3 is 57.2 Å². The highest BCUT2D eigenvalue weighted by molar-refractivity contribution is 5.69. The average Bonchev–Trinajstić information content (AvgIpc) is 3.16. The van der Waals surface area contributed by atoms with E-state index < -0.39 is 5.97 Å². The summed E-state index contributed by atoms with van der Waals surface area (Å²) in [5.41, 5.74) is 0. The third-order valence-corrected chi connectivity index (χ3v) is 8.05. The van der Waals surface area contributed by atoms with Crippen molar-refractivity contribution in [2.75, 3.05) is 139 Å². The van der Waals surface area contributed by atoms with Gasteiger partial charge in [0.25, 0.3) is 0 Å². The van der Waals surface area contributed by atoms with Gasteiger partial charge in [-0.1, -0.05) is 96.8 Å². The van der Waals surface area contributed by atoms with Crippen LogP contribution in [0.5, 0.6) is 0 Å². The maximum atomic E-state index is 11.9. The molecule has 0 spiro atoms. The second-order valence-electron chi connectivity index (χ2n) is 12.9. The van der Waals surface area contributed by atoms with Crippen LogP contribution in [-0.2, 0) is 61.7 Å². The van der Waals surface area contributed by atoms with Crippen LogP contribution in [0.15, 0.2) is 0 Å². The Balaban J connectivity index is 3.13. The van der Waals surface area contributed by atoms with Crippen molar-refractivity contribution in [1.82, 2.24) is 0 Å². The molecule has 322 valence electrons. The van der Waals surface area contributed by atoms with E-state index in [1.54, 1.807) is 0 Å². The fraction of sp³-hybridized carbons (Fsp3) is 0.950. The fourth-order valence-electron chi connectivity index (χ4n) is 5.07. The first-order valence-electron chi connectivity index (χ1n) is 20.8. The van der Waals surface area contributed by atoms with Crippen LogP contribution in [-0.4, -0.2) is 156 Å². The lowest BCUT2D eigenvalue weighted by atomic mass is 10.0. The quantitative estimate of drug-likeness (QED) is 0.0563. The van der Waals surface area contributed by atoms with Gasteiger partial charge in [0.1, 0.15) is 13.2 Å². The lowest BCUT2D eigenvalue weighted by molar-refractivity contribution is -0.145. The molecule has 0 heterocycles. The minimum absolute atomic E-state index is 0.136. The van der Waals surface area contributed by atoms with Gasteiger partial charge in [-0.3, -0.25) is 4.79 Å². The first-order valence-corrected chi connectivity index (χ1v) is 20.8. The zero-order valence-electron chi connectivity index (χ0n) is 33.9. The van der Waals surface area contributed by atoms with Gasteiger partial charge >= 0.3 is 11.9 Å². The first kappa shape index (κ1) is 52.5. The number of ether oxygens (including phenoxy) is 11. The monoisotopic (exact) mass is 783 g/mol. The summed E-state index contributed by atoms with van der Waals surface area (Å²) >= 11 is 0. The van der Waals surface area contributed by atoms with Crippen molar-refractivity contribution >= 4 is 11.9 Å². The Bertz CT molecular complexity index is 745. The molecular weight excluding hydrogens is 704 g/mol. The second kappa shape index (κ2) is 47.7. The molecule has 0 atom stereocenters. The van der Waals surface area contributed by atoms with E-state index in [1.807, 2.05) is 0 Å². The predicted molar refractivity (Wildman–Crippen MR) is 206 cm³/mol. The standard InChI is InChI=1S/C40H78O14/c1-2-3-4-5-6-7-8-9-10-11-12-13-14-15-16-17-40(43)54-37-36-52-33-32-50-29-28-48-25-24-46-21-20-44-18-19-45-22-23-47-26-27-49-30-31-51-34-35-53-38-39(41)42/h2-38H2,1H3,(H,41,42). The third kappa shape index (κ3) is 48.6. The number of unbranched alkanes of at least 4 members (excludes halogenated alkanes) is 14. The topological polar surface area (TPSA) is 156 Å². The number of carbonyl (C=O) groups excluding carboxylic acids is 1. The highest BCUT2D eigenvalue weighted by atomic mass is 16.6. The minimum Gasteiger partial charge on any atom is -0.480 e. The largest absolute Gasteiger partial charge is 0.480 e. The molecule has 1 N–H and O–H groups in total. The van der Waals surface area contributed by atoms with Crippen LogP contribution in [0, 0.1) is 0 Å². The molecule has 0 aliphatic heterocycles. The maximum absolute atomic E-state index is 11.9. The molecule has 0 bridgehead atoms. The highest BCUT2D eigenvalue weighted by Crippen LogP contribution is 2.13. The van der Waals surface area contributed by atoms with Crippen molar-refractivity contribution in [3.8, 4) is 0 Å². The van der Waals surface area contributed by atoms with E-state index in [0.29, 0.717) is 125 Å². The van der Waals surface area contributed by atoms with Crippen LogP contribution in [0.1, 0.15) is 110 Å². The molecule has 0 aromatic carbocycles. The van der Waals surface area contributed by atoms with E-state index in [9.17, 15) is 9.59 Å². The van der Waals surface area contributed by atoms with Gasteiger partial charge in [-0.25, -0.2) is 4.79 Å². The van der Waals surface area contributed by atoms with Crippen LogP contribution < -0.4 is 0 Å². The van der Waals surface area contributed by atoms with Crippen LogP contribution in [0.25, 0.3) is 0 Å². The van der Waals surface area contributed by atoms with Gasteiger partial charge in [-0.15, -0.1) is 0 Å². The summed E-state index contributed by atoms with van der Waals surface area (Å²) in [5.74, 6) is -1.13. The molecule has 0 saturated heterocycles. The molecule has 0 aliphatic rings. The Kier molecular flexibility index (Phi) is 46.4. The number of esters is 1. The molecular formula is C40H78O14. The molecule has 0 saturated carbocycles. The van der Waals surface area contributed by atoms with Crippen LogP contribution in [0.2, 0.25) is 0 Å². The van der Waals surface area contributed by atoms with Crippen LogP contribution in [0.3, 0.4) is 0 Å². The Morgan fingerprint density at radius 3 is 0.852 bits per heavy atom. The maximum Gasteiger partial charge on any atom is 0.329 e. The van der Waals surface area contributed by atoms with Crippen molar-refractivity contribution in [1.29, 1.82) is 0 Å². The molecule has 14 nitrogen and oxygen atoms in total. The molecule has 54 heavy (non-hydrogen) atoms. The number of hydrogen-bond donors (Lipinski definition) is 1. The van der Waals surface area contributed by atoms with Gasteiger partial charge in [0.15, 0.2) is 0 Å². The Morgan fingerprint density at radius 1 is 0.333 bits per heavy atom. The Hall–Kier alpha value is -1.46. The summed E-state index contributed by atoms with van der Waals surface area (Å²) in [4.78, 5) is 22.2. The molecule has 0 fully saturated rings. The fourth-order valence-corrected chi connectivity index (χ4v) is 5.07. The van der Waals surface area contributed by atoms with Gasteiger partial charge in [-0.2, -0.15) is 0 Å². The number of carboxylic acid groups (broad SMARTS) is 1. The number of aliphatic carboxylic acids is 1. The van der Waals surface area contributed by atoms with Crippen LogP contribution >= 0.6 is 0 Å². The molecule has 0 rings (SSSR count). The van der Waals surface area contributed by atoms with E-state index in [0.717, 1.165) is 12.8 Å². The van der Waals surface area contributed by atoms with Gasteiger partial charge in [-0.05, 0) is 6.42 Å². The van der Waals surface area contributed by atoms with E-state index in [-0.39, 0.29) is 25.8 Å². The third-order valence-electron chi connectivity index (χ3n) is 8.05. The number of carbonyl (C=O) groups is 2. The zero-order valence-corrected chi connectivity index (χ0v) is 33.9. The molecule has 14 heteroatoms. The number of carboxylic acids is 1. The molecule has 0 aliphatic carbocycles. The smallest absolute Gasteiger partial charge is 0.329 e. The van der Waals surface area contributed by atoms with E-state index in [2.05, 4.69) is 6.92 Å². The number of hydrogen-bond acceptors (Lipinski definition) is 13. The normalized spacial score (nSPS) is 11.4. The summed E-state index contributed by atoms with van der Waals surface area (Å²) in [5, 5.41) is 8.44. The van der Waals surface area contributed by atoms with Crippen molar-refractivity contribution < 1.29 is 66.8 Å². The Morgan fingerprint density at radius 2 is 0.574 bits per heavy atom. The minimum atomic E-state index is -0.997. The highest BCUT2D eigenvalue weighted by Gasteiger charge is 2.03. The lowest BCUT2D eigenvalue weighted by Crippen LogP contribution is -2.16. The van der Waals surface area contributed by atoms with Crippen LogP contribution in [0.4, 0.5) is 0 Å². The SMILES string of the molecule is CCCCCCCCCCCCCCCCCC(=O)OCCOCCOCCOCCOCCOCCOCCOCCOCCOCCOCC(=O)O.